The highest BCUT2D eigenvalue weighted by Gasteiger charge is 2.26. The summed E-state index contributed by atoms with van der Waals surface area (Å²) in [5, 5.41) is 9.28. The first-order chi connectivity index (χ1) is 7.17. The van der Waals surface area contributed by atoms with Crippen molar-refractivity contribution in [1.29, 1.82) is 0 Å². The van der Waals surface area contributed by atoms with Crippen molar-refractivity contribution < 1.29 is 5.11 Å². The topological polar surface area (TPSA) is 49.5 Å². The second kappa shape index (κ2) is 6.46. The average molecular weight is 214 g/mol. The van der Waals surface area contributed by atoms with Gasteiger partial charge in [-0.25, -0.2) is 0 Å². The van der Waals surface area contributed by atoms with Gasteiger partial charge in [0, 0.05) is 19.1 Å². The van der Waals surface area contributed by atoms with E-state index in [0.29, 0.717) is 6.04 Å². The monoisotopic (exact) mass is 214 g/mol. The third-order valence-corrected chi connectivity index (χ3v) is 3.63. The van der Waals surface area contributed by atoms with Crippen LogP contribution in [0.25, 0.3) is 0 Å². The van der Waals surface area contributed by atoms with Gasteiger partial charge in [-0.05, 0) is 38.6 Å². The first-order valence-electron chi connectivity index (χ1n) is 6.29. The van der Waals surface area contributed by atoms with E-state index in [-0.39, 0.29) is 6.10 Å². The molecule has 3 atom stereocenters. The summed E-state index contributed by atoms with van der Waals surface area (Å²) >= 11 is 0. The van der Waals surface area contributed by atoms with Crippen LogP contribution in [-0.2, 0) is 0 Å². The Bertz CT molecular complexity index is 173. The molecule has 0 aliphatic carbocycles. The number of hydrogen-bond donors (Lipinski definition) is 2. The van der Waals surface area contributed by atoms with E-state index in [1.165, 1.54) is 19.3 Å². The molecule has 1 aliphatic heterocycles. The second-order valence-corrected chi connectivity index (χ2v) is 4.86. The van der Waals surface area contributed by atoms with Crippen LogP contribution in [-0.4, -0.2) is 41.8 Å². The third kappa shape index (κ3) is 4.09. The molecule has 1 heterocycles. The lowest BCUT2D eigenvalue weighted by Gasteiger charge is -2.39. The Balaban J connectivity index is 2.36. The van der Waals surface area contributed by atoms with Crippen LogP contribution in [0.15, 0.2) is 0 Å². The number of likely N-dealkylation sites (tertiary alicyclic amines) is 1. The molecule has 0 spiro atoms. The molecular weight excluding hydrogens is 188 g/mol. The summed E-state index contributed by atoms with van der Waals surface area (Å²) in [5.74, 6) is 0.862. The number of aliphatic hydroxyl groups is 1. The number of hydrogen-bond acceptors (Lipinski definition) is 3. The summed E-state index contributed by atoms with van der Waals surface area (Å²) in [7, 11) is 0. The van der Waals surface area contributed by atoms with Gasteiger partial charge in [-0.3, -0.25) is 4.90 Å². The highest BCUT2D eigenvalue weighted by molar-refractivity contribution is 4.82. The minimum Gasteiger partial charge on any atom is -0.393 e. The number of nitrogens with two attached hydrogens (primary N) is 1. The van der Waals surface area contributed by atoms with Crippen molar-refractivity contribution in [3.63, 3.8) is 0 Å². The molecule has 0 amide bonds. The average Bonchev–Trinajstić information content (AvgIpc) is 2.25. The van der Waals surface area contributed by atoms with Crippen LogP contribution in [0.2, 0.25) is 0 Å². The van der Waals surface area contributed by atoms with Crippen molar-refractivity contribution in [3.05, 3.63) is 0 Å². The van der Waals surface area contributed by atoms with Crippen molar-refractivity contribution in [2.45, 2.75) is 51.7 Å². The molecule has 1 aliphatic rings. The fourth-order valence-corrected chi connectivity index (χ4v) is 2.45. The molecule has 3 heteroatoms. The highest BCUT2D eigenvalue weighted by atomic mass is 16.3. The van der Waals surface area contributed by atoms with Gasteiger partial charge >= 0.3 is 0 Å². The Hall–Kier alpha value is -0.120. The first-order valence-corrected chi connectivity index (χ1v) is 6.29. The molecule has 1 saturated heterocycles. The number of rotatable bonds is 5. The van der Waals surface area contributed by atoms with Gasteiger partial charge in [-0.2, -0.15) is 0 Å². The molecule has 0 aromatic heterocycles. The van der Waals surface area contributed by atoms with Crippen LogP contribution in [0.4, 0.5) is 0 Å². The molecule has 0 aromatic carbocycles. The van der Waals surface area contributed by atoms with E-state index in [1.54, 1.807) is 0 Å². The predicted octanol–water partition coefficient (Wildman–Crippen LogP) is 1.21. The van der Waals surface area contributed by atoms with Crippen LogP contribution in [0.5, 0.6) is 0 Å². The molecule has 15 heavy (non-hydrogen) atoms. The lowest BCUT2D eigenvalue weighted by Crippen LogP contribution is -2.47. The SMILES string of the molecule is CCC1CCN(CCC(C)O)C(CN)C1. The minimum absolute atomic E-state index is 0.188. The third-order valence-electron chi connectivity index (χ3n) is 3.63. The summed E-state index contributed by atoms with van der Waals surface area (Å²) in [6.07, 6.45) is 4.50. The van der Waals surface area contributed by atoms with Crippen molar-refractivity contribution in [2.75, 3.05) is 19.6 Å². The van der Waals surface area contributed by atoms with Crippen molar-refractivity contribution in [3.8, 4) is 0 Å². The Labute approximate surface area is 93.6 Å². The smallest absolute Gasteiger partial charge is 0.0524 e. The summed E-state index contributed by atoms with van der Waals surface area (Å²) in [5.41, 5.74) is 5.81. The number of nitrogens with zero attached hydrogens (tertiary/aromatic N) is 1. The van der Waals surface area contributed by atoms with Gasteiger partial charge in [0.2, 0.25) is 0 Å². The molecule has 0 aromatic rings. The van der Waals surface area contributed by atoms with Gasteiger partial charge in [0.05, 0.1) is 6.10 Å². The van der Waals surface area contributed by atoms with Crippen LogP contribution >= 0.6 is 0 Å². The van der Waals surface area contributed by atoms with E-state index < -0.39 is 0 Å². The zero-order valence-electron chi connectivity index (χ0n) is 10.2. The predicted molar refractivity (Wildman–Crippen MR) is 63.7 cm³/mol. The Kier molecular flexibility index (Phi) is 5.58. The van der Waals surface area contributed by atoms with Crippen LogP contribution < -0.4 is 5.73 Å². The van der Waals surface area contributed by atoms with E-state index in [0.717, 1.165) is 32.0 Å². The van der Waals surface area contributed by atoms with Gasteiger partial charge in [-0.1, -0.05) is 13.3 Å². The molecular formula is C12H26N2O. The van der Waals surface area contributed by atoms with E-state index in [2.05, 4.69) is 11.8 Å². The molecule has 1 rings (SSSR count). The standard InChI is InChI=1S/C12H26N2O/c1-3-11-5-7-14(6-4-10(2)15)12(8-11)9-13/h10-12,15H,3-9,13H2,1-2H3. The quantitative estimate of drug-likeness (QED) is 0.723. The van der Waals surface area contributed by atoms with Crippen molar-refractivity contribution >= 4 is 0 Å². The van der Waals surface area contributed by atoms with Gasteiger partial charge in [-0.15, -0.1) is 0 Å². The molecule has 0 radical (unpaired) electrons. The maximum Gasteiger partial charge on any atom is 0.0524 e. The maximum atomic E-state index is 9.28. The zero-order chi connectivity index (χ0) is 11.3. The van der Waals surface area contributed by atoms with Gasteiger partial charge in [0.25, 0.3) is 0 Å². The minimum atomic E-state index is -0.188. The fraction of sp³-hybridized carbons (Fsp3) is 1.00. The van der Waals surface area contributed by atoms with Crippen LogP contribution in [0.1, 0.15) is 39.5 Å². The Morgan fingerprint density at radius 1 is 1.53 bits per heavy atom. The zero-order valence-corrected chi connectivity index (χ0v) is 10.2. The molecule has 90 valence electrons. The normalized spacial score (nSPS) is 30.4. The molecule has 1 fully saturated rings. The van der Waals surface area contributed by atoms with Gasteiger partial charge < -0.3 is 10.8 Å². The van der Waals surface area contributed by atoms with Crippen LogP contribution in [0.3, 0.4) is 0 Å². The first kappa shape index (κ1) is 12.9. The molecule has 3 unspecified atom stereocenters. The van der Waals surface area contributed by atoms with E-state index in [4.69, 9.17) is 5.73 Å². The molecule has 3 N–H and O–H groups in total. The lowest BCUT2D eigenvalue weighted by atomic mass is 9.89. The van der Waals surface area contributed by atoms with E-state index in [1.807, 2.05) is 6.92 Å². The number of aliphatic hydroxyl groups excluding tert-OH is 1. The number of piperidine rings is 1. The Morgan fingerprint density at radius 3 is 2.80 bits per heavy atom. The molecule has 0 saturated carbocycles. The largest absolute Gasteiger partial charge is 0.393 e. The maximum absolute atomic E-state index is 9.28. The fourth-order valence-electron chi connectivity index (χ4n) is 2.45. The van der Waals surface area contributed by atoms with Crippen molar-refractivity contribution in [2.24, 2.45) is 11.7 Å². The van der Waals surface area contributed by atoms with E-state index >= 15 is 0 Å². The Morgan fingerprint density at radius 2 is 2.27 bits per heavy atom. The second-order valence-electron chi connectivity index (χ2n) is 4.86. The summed E-state index contributed by atoms with van der Waals surface area (Å²) < 4.78 is 0. The molecule has 3 nitrogen and oxygen atoms in total. The van der Waals surface area contributed by atoms with Crippen molar-refractivity contribution in [1.82, 2.24) is 4.90 Å². The van der Waals surface area contributed by atoms with Gasteiger partial charge in [0.1, 0.15) is 0 Å². The summed E-state index contributed by atoms with van der Waals surface area (Å²) in [4.78, 5) is 2.46. The lowest BCUT2D eigenvalue weighted by molar-refractivity contribution is 0.0903. The molecule has 0 bridgehead atoms. The van der Waals surface area contributed by atoms with E-state index in [9.17, 15) is 5.11 Å². The summed E-state index contributed by atoms with van der Waals surface area (Å²) in [6.45, 7) is 7.04. The van der Waals surface area contributed by atoms with Gasteiger partial charge in [0.15, 0.2) is 0 Å². The van der Waals surface area contributed by atoms with Crippen LogP contribution in [0, 0.1) is 5.92 Å². The summed E-state index contributed by atoms with van der Waals surface area (Å²) in [6, 6.07) is 0.544. The highest BCUT2D eigenvalue weighted by Crippen LogP contribution is 2.24.